The van der Waals surface area contributed by atoms with E-state index in [4.69, 9.17) is 0 Å². The van der Waals surface area contributed by atoms with Crippen LogP contribution >= 0.6 is 0 Å². The molecule has 0 aliphatic rings. The summed E-state index contributed by atoms with van der Waals surface area (Å²) in [7, 11) is 0. The highest BCUT2D eigenvalue weighted by atomic mass is 15.1. The van der Waals surface area contributed by atoms with E-state index in [1.165, 1.54) is 54.7 Å². The largest absolute Gasteiger partial charge is 0.310 e. The van der Waals surface area contributed by atoms with Crippen LogP contribution in [0.5, 0.6) is 0 Å². The summed E-state index contributed by atoms with van der Waals surface area (Å²) in [6.45, 7) is 0. The minimum atomic E-state index is 1.10. The number of fused-ring (bicyclic) bond motifs is 6. The van der Waals surface area contributed by atoms with Crippen molar-refractivity contribution in [1.82, 2.24) is 9.13 Å². The maximum Gasteiger partial charge on any atom is 0.0547 e. The van der Waals surface area contributed by atoms with Gasteiger partial charge in [-0.15, -0.1) is 0 Å². The molecule has 0 unspecified atom stereocenters. The minimum absolute atomic E-state index is 1.10. The second-order valence-electron chi connectivity index (χ2n) is 16.2. The van der Waals surface area contributed by atoms with E-state index in [1.54, 1.807) is 0 Å². The first-order valence-corrected chi connectivity index (χ1v) is 21.6. The number of rotatable bonds is 8. The van der Waals surface area contributed by atoms with Crippen LogP contribution in [0, 0.1) is 0 Å². The molecule has 0 aliphatic heterocycles. The van der Waals surface area contributed by atoms with Crippen LogP contribution in [-0.4, -0.2) is 9.13 Å². The smallest absolute Gasteiger partial charge is 0.0547 e. The molecule has 63 heavy (non-hydrogen) atoms. The molecule has 10 aromatic carbocycles. The summed E-state index contributed by atoms with van der Waals surface area (Å²) in [5, 5.41) is 4.96. The molecule has 296 valence electrons. The fourth-order valence-electron chi connectivity index (χ4n) is 9.57. The number of para-hydroxylation sites is 6. The number of benzene rings is 10. The zero-order valence-corrected chi connectivity index (χ0v) is 34.5. The third-order valence-corrected chi connectivity index (χ3v) is 12.4. The Morgan fingerprint density at radius 3 is 1.22 bits per heavy atom. The van der Waals surface area contributed by atoms with Crippen LogP contribution in [0.3, 0.4) is 0 Å². The lowest BCUT2D eigenvalue weighted by Crippen LogP contribution is -2.09. The molecule has 2 aromatic heterocycles. The Balaban J connectivity index is 1.07. The maximum absolute atomic E-state index is 2.40. The van der Waals surface area contributed by atoms with Crippen molar-refractivity contribution < 1.29 is 0 Å². The molecule has 0 spiro atoms. The van der Waals surface area contributed by atoms with Crippen molar-refractivity contribution in [3.63, 3.8) is 0 Å². The summed E-state index contributed by atoms with van der Waals surface area (Å²) in [5.41, 5.74) is 17.4. The van der Waals surface area contributed by atoms with E-state index in [0.717, 1.165) is 50.7 Å². The average Bonchev–Trinajstić information content (AvgIpc) is 3.87. The fraction of sp³-hybridized carbons (Fsp3) is 0. The van der Waals surface area contributed by atoms with Crippen LogP contribution in [0.4, 0.5) is 17.1 Å². The molecular weight excluding hydrogens is 763 g/mol. The topological polar surface area (TPSA) is 13.1 Å². The number of hydrogen-bond acceptors (Lipinski definition) is 1. The molecule has 0 amide bonds. The van der Waals surface area contributed by atoms with Gasteiger partial charge in [-0.2, -0.15) is 0 Å². The number of aromatic nitrogens is 2. The highest BCUT2D eigenvalue weighted by molar-refractivity contribution is 6.12. The van der Waals surface area contributed by atoms with Crippen LogP contribution < -0.4 is 4.90 Å². The monoisotopic (exact) mass is 803 g/mol. The average molecular weight is 804 g/mol. The predicted octanol–water partition coefficient (Wildman–Crippen LogP) is 16.4. The predicted molar refractivity (Wildman–Crippen MR) is 266 cm³/mol. The van der Waals surface area contributed by atoms with Gasteiger partial charge in [0, 0.05) is 50.0 Å². The summed E-state index contributed by atoms with van der Waals surface area (Å²) >= 11 is 0. The Morgan fingerprint density at radius 1 is 0.222 bits per heavy atom. The second-order valence-corrected chi connectivity index (χ2v) is 16.2. The summed E-state index contributed by atoms with van der Waals surface area (Å²) in [6.07, 6.45) is 0. The zero-order valence-electron chi connectivity index (χ0n) is 34.5. The summed E-state index contributed by atoms with van der Waals surface area (Å²) in [5.74, 6) is 0. The van der Waals surface area contributed by atoms with Gasteiger partial charge in [0.05, 0.1) is 22.1 Å². The minimum Gasteiger partial charge on any atom is -0.310 e. The van der Waals surface area contributed by atoms with Gasteiger partial charge in [0.25, 0.3) is 0 Å². The van der Waals surface area contributed by atoms with Crippen molar-refractivity contribution in [3.05, 3.63) is 249 Å². The first-order valence-electron chi connectivity index (χ1n) is 21.6. The Kier molecular flexibility index (Phi) is 8.83. The lowest BCUT2D eigenvalue weighted by molar-refractivity contribution is 1.18. The Bertz CT molecular complexity index is 3570. The molecule has 3 nitrogen and oxygen atoms in total. The number of nitrogens with zero attached hydrogens (tertiary/aromatic N) is 3. The van der Waals surface area contributed by atoms with Gasteiger partial charge >= 0.3 is 0 Å². The maximum atomic E-state index is 2.40. The Hall–Kier alpha value is -8.40. The zero-order chi connectivity index (χ0) is 41.7. The van der Waals surface area contributed by atoms with Crippen LogP contribution in [-0.2, 0) is 0 Å². The van der Waals surface area contributed by atoms with Crippen LogP contribution in [0.2, 0.25) is 0 Å². The van der Waals surface area contributed by atoms with E-state index in [2.05, 4.69) is 263 Å². The van der Waals surface area contributed by atoms with E-state index in [9.17, 15) is 0 Å². The molecule has 0 atom stereocenters. The molecule has 0 radical (unpaired) electrons. The molecular formula is C60H41N3. The number of hydrogen-bond donors (Lipinski definition) is 0. The molecule has 0 bridgehead atoms. The SMILES string of the molecule is c1ccc(N(c2ccccc2)c2cccc(-c3cc(-c4ccc5c(c4)c4ccccc4n5-c4ccccc4)cc(-c4ccc5c6ccccc6n(-c6ccccc6)c5c4)c3)c2)cc1. The van der Waals surface area contributed by atoms with Crippen molar-refractivity contribution >= 4 is 60.7 Å². The molecule has 2 heterocycles. The fourth-order valence-corrected chi connectivity index (χ4v) is 9.57. The summed E-state index contributed by atoms with van der Waals surface area (Å²) < 4.78 is 4.79. The molecule has 0 saturated carbocycles. The van der Waals surface area contributed by atoms with Gasteiger partial charge < -0.3 is 14.0 Å². The molecule has 0 fully saturated rings. The van der Waals surface area contributed by atoms with E-state index >= 15 is 0 Å². The van der Waals surface area contributed by atoms with Crippen molar-refractivity contribution in [2.24, 2.45) is 0 Å². The normalized spacial score (nSPS) is 11.5. The van der Waals surface area contributed by atoms with Gasteiger partial charge in [0.1, 0.15) is 0 Å². The Morgan fingerprint density at radius 2 is 0.635 bits per heavy atom. The van der Waals surface area contributed by atoms with E-state index in [1.807, 2.05) is 0 Å². The first-order chi connectivity index (χ1) is 31.2. The number of anilines is 3. The van der Waals surface area contributed by atoms with E-state index in [-0.39, 0.29) is 0 Å². The Labute approximate surface area is 366 Å². The highest BCUT2D eigenvalue weighted by Crippen LogP contribution is 2.42. The standard InChI is InChI=1S/C60H41N3/c1-5-19-48(20-6-1)61(49-21-7-2-8-22-49)52-27-17-18-42(39-52)45-36-46(43-33-35-59-56(40-43)54-29-14-16-31-58(54)62(59)50-23-9-3-10-24-50)38-47(37-45)44-32-34-55-53-28-13-15-30-57(53)63(60(55)41-44)51-25-11-4-12-26-51/h1-41H. The van der Waals surface area contributed by atoms with Gasteiger partial charge in [-0.1, -0.05) is 140 Å². The lowest BCUT2D eigenvalue weighted by Gasteiger charge is -2.26. The summed E-state index contributed by atoms with van der Waals surface area (Å²) in [4.78, 5) is 2.33. The van der Waals surface area contributed by atoms with Gasteiger partial charge in [0.2, 0.25) is 0 Å². The molecule has 0 aliphatic carbocycles. The molecule has 3 heteroatoms. The van der Waals surface area contributed by atoms with Gasteiger partial charge in [-0.25, -0.2) is 0 Å². The lowest BCUT2D eigenvalue weighted by atomic mass is 9.92. The molecule has 0 saturated heterocycles. The quantitative estimate of drug-likeness (QED) is 0.149. The molecule has 0 N–H and O–H groups in total. The first kappa shape index (κ1) is 36.5. The van der Waals surface area contributed by atoms with Gasteiger partial charge in [0.15, 0.2) is 0 Å². The highest BCUT2D eigenvalue weighted by Gasteiger charge is 2.18. The van der Waals surface area contributed by atoms with Crippen molar-refractivity contribution in [1.29, 1.82) is 0 Å². The van der Waals surface area contributed by atoms with Crippen LogP contribution in [0.25, 0.3) is 88.4 Å². The van der Waals surface area contributed by atoms with Crippen LogP contribution in [0.15, 0.2) is 249 Å². The van der Waals surface area contributed by atoms with Gasteiger partial charge in [-0.3, -0.25) is 0 Å². The third-order valence-electron chi connectivity index (χ3n) is 12.4. The van der Waals surface area contributed by atoms with E-state index in [0.29, 0.717) is 0 Å². The van der Waals surface area contributed by atoms with Crippen molar-refractivity contribution in [3.8, 4) is 44.8 Å². The van der Waals surface area contributed by atoms with Crippen LogP contribution in [0.1, 0.15) is 0 Å². The van der Waals surface area contributed by atoms with Crippen molar-refractivity contribution in [2.75, 3.05) is 4.90 Å². The molecule has 12 rings (SSSR count). The summed E-state index contributed by atoms with van der Waals surface area (Å²) in [6, 6.07) is 90.2. The van der Waals surface area contributed by atoms with Gasteiger partial charge in [-0.05, 0) is 143 Å². The van der Waals surface area contributed by atoms with E-state index < -0.39 is 0 Å². The third kappa shape index (κ3) is 6.38. The molecule has 12 aromatic rings. The van der Waals surface area contributed by atoms with Crippen molar-refractivity contribution in [2.45, 2.75) is 0 Å². The second kappa shape index (κ2) is 15.3.